The number of amides is 1. The summed E-state index contributed by atoms with van der Waals surface area (Å²) in [5.41, 5.74) is 5.20. The van der Waals surface area contributed by atoms with Gasteiger partial charge in [0.1, 0.15) is 5.75 Å². The van der Waals surface area contributed by atoms with E-state index in [4.69, 9.17) is 9.72 Å². The summed E-state index contributed by atoms with van der Waals surface area (Å²) in [6.07, 6.45) is 5.90. The van der Waals surface area contributed by atoms with E-state index in [2.05, 4.69) is 36.2 Å². The van der Waals surface area contributed by atoms with Crippen LogP contribution in [-0.4, -0.2) is 41.0 Å². The predicted octanol–water partition coefficient (Wildman–Crippen LogP) is 4.41. The first-order valence-electron chi connectivity index (χ1n) is 10.4. The van der Waals surface area contributed by atoms with Crippen molar-refractivity contribution in [2.45, 2.75) is 32.1 Å². The maximum absolute atomic E-state index is 13.0. The number of ether oxygens (including phenoxy) is 1. The minimum atomic E-state index is 0.158. The third-order valence-electron chi connectivity index (χ3n) is 5.69. The molecule has 5 nitrogen and oxygen atoms in total. The number of benzene rings is 2. The number of hydrogen-bond acceptors (Lipinski definition) is 4. The molecule has 0 N–H and O–H groups in total. The van der Waals surface area contributed by atoms with Crippen molar-refractivity contribution in [3.8, 4) is 17.0 Å². The van der Waals surface area contributed by atoms with Crippen LogP contribution in [0.3, 0.4) is 0 Å². The van der Waals surface area contributed by atoms with Crippen LogP contribution in [0.1, 0.15) is 35.6 Å². The zero-order valence-corrected chi connectivity index (χ0v) is 17.5. The van der Waals surface area contributed by atoms with Gasteiger partial charge in [0.2, 0.25) is 5.91 Å². The number of methoxy groups -OCH3 is 1. The summed E-state index contributed by atoms with van der Waals surface area (Å²) in [4.78, 5) is 24.3. The van der Waals surface area contributed by atoms with Gasteiger partial charge >= 0.3 is 0 Å². The maximum atomic E-state index is 13.0. The van der Waals surface area contributed by atoms with Crippen molar-refractivity contribution in [1.82, 2.24) is 14.9 Å². The number of aromatic nitrogens is 2. The van der Waals surface area contributed by atoms with Gasteiger partial charge in [-0.2, -0.15) is 0 Å². The Morgan fingerprint density at radius 2 is 1.93 bits per heavy atom. The predicted molar refractivity (Wildman–Crippen MR) is 117 cm³/mol. The van der Waals surface area contributed by atoms with Crippen molar-refractivity contribution in [2.75, 3.05) is 20.2 Å². The van der Waals surface area contributed by atoms with Crippen molar-refractivity contribution < 1.29 is 9.53 Å². The molecule has 3 aromatic rings. The minimum Gasteiger partial charge on any atom is -0.497 e. The number of aryl methyl sites for hydroxylation is 1. The van der Waals surface area contributed by atoms with Crippen LogP contribution in [0.25, 0.3) is 11.3 Å². The van der Waals surface area contributed by atoms with Crippen LogP contribution < -0.4 is 4.74 Å². The van der Waals surface area contributed by atoms with Crippen LogP contribution in [0.15, 0.2) is 60.9 Å². The topological polar surface area (TPSA) is 55.3 Å². The monoisotopic (exact) mass is 401 g/mol. The quantitative estimate of drug-likeness (QED) is 0.635. The molecule has 0 aliphatic carbocycles. The van der Waals surface area contributed by atoms with Gasteiger partial charge in [-0.15, -0.1) is 0 Å². The van der Waals surface area contributed by atoms with Gasteiger partial charge in [-0.05, 0) is 43.5 Å². The molecule has 1 aliphatic heterocycles. The standard InChI is InChI=1S/C25H27N3O2/c1-18-5-3-6-20(15-18)24-25(27-13-12-26-24)21-7-4-14-28(17-21)23(29)16-19-8-10-22(30-2)11-9-19/h3,5-6,8-13,15,21H,4,7,14,16-17H2,1-2H3. The lowest BCUT2D eigenvalue weighted by Gasteiger charge is -2.33. The fourth-order valence-electron chi connectivity index (χ4n) is 4.12. The van der Waals surface area contributed by atoms with Gasteiger partial charge in [0.15, 0.2) is 0 Å². The number of carbonyl (C=O) groups is 1. The highest BCUT2D eigenvalue weighted by atomic mass is 16.5. The van der Waals surface area contributed by atoms with E-state index < -0.39 is 0 Å². The van der Waals surface area contributed by atoms with Gasteiger partial charge < -0.3 is 9.64 Å². The van der Waals surface area contributed by atoms with Crippen LogP contribution in [-0.2, 0) is 11.2 Å². The van der Waals surface area contributed by atoms with Crippen LogP contribution in [0.4, 0.5) is 0 Å². The average Bonchev–Trinajstić information content (AvgIpc) is 2.79. The van der Waals surface area contributed by atoms with Gasteiger partial charge in [0, 0.05) is 37.0 Å². The van der Waals surface area contributed by atoms with E-state index in [9.17, 15) is 4.79 Å². The molecule has 0 saturated carbocycles. The van der Waals surface area contributed by atoms with Crippen molar-refractivity contribution in [1.29, 1.82) is 0 Å². The van der Waals surface area contributed by atoms with Crippen molar-refractivity contribution in [3.05, 3.63) is 77.7 Å². The summed E-state index contributed by atoms with van der Waals surface area (Å²) in [7, 11) is 1.64. The van der Waals surface area contributed by atoms with E-state index in [0.717, 1.165) is 47.7 Å². The van der Waals surface area contributed by atoms with Gasteiger partial charge in [-0.1, -0.05) is 35.9 Å². The Morgan fingerprint density at radius 1 is 1.13 bits per heavy atom. The number of hydrogen-bond donors (Lipinski definition) is 0. The molecule has 1 saturated heterocycles. The number of likely N-dealkylation sites (tertiary alicyclic amines) is 1. The molecule has 154 valence electrons. The molecule has 30 heavy (non-hydrogen) atoms. The number of piperidine rings is 1. The zero-order chi connectivity index (χ0) is 20.9. The number of carbonyl (C=O) groups excluding carboxylic acids is 1. The molecule has 1 aliphatic rings. The summed E-state index contributed by atoms with van der Waals surface area (Å²) >= 11 is 0. The lowest BCUT2D eigenvalue weighted by Crippen LogP contribution is -2.40. The molecule has 5 heteroatoms. The normalized spacial score (nSPS) is 16.3. The molecule has 0 spiro atoms. The smallest absolute Gasteiger partial charge is 0.227 e. The minimum absolute atomic E-state index is 0.158. The summed E-state index contributed by atoms with van der Waals surface area (Å²) in [6, 6.07) is 16.1. The second kappa shape index (κ2) is 9.08. The highest BCUT2D eigenvalue weighted by Gasteiger charge is 2.28. The van der Waals surface area contributed by atoms with Crippen molar-refractivity contribution in [2.24, 2.45) is 0 Å². The molecular formula is C25H27N3O2. The molecule has 0 bridgehead atoms. The SMILES string of the molecule is COc1ccc(CC(=O)N2CCCC(c3nccnc3-c3cccc(C)c3)C2)cc1. The molecule has 2 aromatic carbocycles. The lowest BCUT2D eigenvalue weighted by molar-refractivity contribution is -0.131. The Labute approximate surface area is 177 Å². The second-order valence-corrected chi connectivity index (χ2v) is 7.86. The molecule has 0 radical (unpaired) electrons. The van der Waals surface area contributed by atoms with E-state index in [0.29, 0.717) is 13.0 Å². The molecule has 1 fully saturated rings. The molecule has 2 heterocycles. The third kappa shape index (κ3) is 4.51. The van der Waals surface area contributed by atoms with Crippen molar-refractivity contribution >= 4 is 5.91 Å². The Morgan fingerprint density at radius 3 is 2.70 bits per heavy atom. The van der Waals surface area contributed by atoms with Crippen LogP contribution in [0, 0.1) is 6.92 Å². The number of rotatable bonds is 5. The fourth-order valence-corrected chi connectivity index (χ4v) is 4.12. The Bertz CT molecular complexity index is 1020. The molecule has 1 aromatic heterocycles. The molecular weight excluding hydrogens is 374 g/mol. The van der Waals surface area contributed by atoms with Gasteiger partial charge in [-0.3, -0.25) is 14.8 Å². The van der Waals surface area contributed by atoms with Crippen LogP contribution in [0.5, 0.6) is 5.75 Å². The van der Waals surface area contributed by atoms with E-state index >= 15 is 0 Å². The van der Waals surface area contributed by atoms with E-state index in [1.807, 2.05) is 29.2 Å². The first kappa shape index (κ1) is 20.1. The van der Waals surface area contributed by atoms with E-state index in [1.165, 1.54) is 5.56 Å². The highest BCUT2D eigenvalue weighted by molar-refractivity contribution is 5.79. The summed E-state index contributed by atoms with van der Waals surface area (Å²) < 4.78 is 5.20. The average molecular weight is 402 g/mol. The largest absolute Gasteiger partial charge is 0.497 e. The number of nitrogens with zero attached hydrogens (tertiary/aromatic N) is 3. The Hall–Kier alpha value is -3.21. The Kier molecular flexibility index (Phi) is 6.07. The molecule has 1 unspecified atom stereocenters. The zero-order valence-electron chi connectivity index (χ0n) is 17.5. The lowest BCUT2D eigenvalue weighted by atomic mass is 9.91. The van der Waals surface area contributed by atoms with Gasteiger partial charge in [0.25, 0.3) is 0 Å². The van der Waals surface area contributed by atoms with Gasteiger partial charge in [0.05, 0.1) is 24.9 Å². The fraction of sp³-hybridized carbons (Fsp3) is 0.320. The summed E-state index contributed by atoms with van der Waals surface area (Å²) in [6.45, 7) is 3.57. The van der Waals surface area contributed by atoms with Gasteiger partial charge in [-0.25, -0.2) is 0 Å². The summed E-state index contributed by atoms with van der Waals surface area (Å²) in [5, 5.41) is 0. The first-order chi connectivity index (χ1) is 14.6. The van der Waals surface area contributed by atoms with Crippen LogP contribution >= 0.6 is 0 Å². The van der Waals surface area contributed by atoms with Crippen LogP contribution in [0.2, 0.25) is 0 Å². The first-order valence-corrected chi connectivity index (χ1v) is 10.4. The highest BCUT2D eigenvalue weighted by Crippen LogP contribution is 2.32. The maximum Gasteiger partial charge on any atom is 0.227 e. The van der Waals surface area contributed by atoms with E-state index in [1.54, 1.807) is 19.5 Å². The molecule has 4 rings (SSSR count). The summed E-state index contributed by atoms with van der Waals surface area (Å²) in [5.74, 6) is 1.16. The third-order valence-corrected chi connectivity index (χ3v) is 5.69. The Balaban J connectivity index is 1.51. The second-order valence-electron chi connectivity index (χ2n) is 7.86. The van der Waals surface area contributed by atoms with Crippen molar-refractivity contribution in [3.63, 3.8) is 0 Å². The van der Waals surface area contributed by atoms with E-state index in [-0.39, 0.29) is 11.8 Å². The molecule has 1 amide bonds. The molecule has 1 atom stereocenters.